The van der Waals surface area contributed by atoms with Crippen molar-refractivity contribution in [2.75, 3.05) is 21.3 Å². The minimum Gasteiger partial charge on any atom is -0.493 e. The number of ether oxygens (including phenoxy) is 3. The van der Waals surface area contributed by atoms with Gasteiger partial charge in [-0.3, -0.25) is 4.79 Å². The quantitative estimate of drug-likeness (QED) is 0.622. The zero-order valence-corrected chi connectivity index (χ0v) is 17.1. The van der Waals surface area contributed by atoms with Crippen molar-refractivity contribution >= 4 is 17.5 Å². The lowest BCUT2D eigenvalue weighted by atomic mass is 10.1. The maximum absolute atomic E-state index is 12.7. The molecule has 0 radical (unpaired) electrons. The van der Waals surface area contributed by atoms with E-state index in [9.17, 15) is 4.79 Å². The number of benzene rings is 2. The first-order chi connectivity index (χ1) is 14.0. The fraction of sp³-hybridized carbons (Fsp3) is 0.250. The normalized spacial score (nSPS) is 11.6. The van der Waals surface area contributed by atoms with Gasteiger partial charge in [-0.05, 0) is 31.2 Å². The molecular formula is C20H20ClN3O5. The minimum atomic E-state index is -0.537. The summed E-state index contributed by atoms with van der Waals surface area (Å²) in [5.74, 6) is 1.39. The van der Waals surface area contributed by atoms with Crippen LogP contribution in [0.15, 0.2) is 40.9 Å². The number of hydrogen-bond acceptors (Lipinski definition) is 7. The van der Waals surface area contributed by atoms with Gasteiger partial charge in [0.25, 0.3) is 5.91 Å². The van der Waals surface area contributed by atoms with Gasteiger partial charge in [0.1, 0.15) is 6.04 Å². The van der Waals surface area contributed by atoms with Gasteiger partial charge in [0, 0.05) is 11.1 Å². The van der Waals surface area contributed by atoms with Gasteiger partial charge in [0.05, 0.1) is 26.4 Å². The van der Waals surface area contributed by atoms with E-state index >= 15 is 0 Å². The van der Waals surface area contributed by atoms with Crippen LogP contribution in [0, 0.1) is 0 Å². The van der Waals surface area contributed by atoms with E-state index in [1.807, 2.05) is 12.1 Å². The molecule has 0 saturated heterocycles. The molecule has 1 amide bonds. The van der Waals surface area contributed by atoms with Gasteiger partial charge in [-0.1, -0.05) is 28.9 Å². The van der Waals surface area contributed by atoms with E-state index < -0.39 is 6.04 Å². The Bertz CT molecular complexity index is 996. The molecule has 2 aromatic carbocycles. The molecular weight excluding hydrogens is 398 g/mol. The average Bonchev–Trinajstić information content (AvgIpc) is 3.23. The number of halogens is 1. The maximum atomic E-state index is 12.7. The Balaban J connectivity index is 1.80. The number of amides is 1. The standard InChI is InChI=1S/C20H20ClN3O5/c1-11(20-23-18(24-29-20)13-7-5-6-8-14(13)21)22-19(25)12-9-15(26-2)17(28-4)16(10-12)27-3/h5-11H,1-4H3,(H,22,25)/t11-/m0/s1. The third-order valence-corrected chi connectivity index (χ3v) is 4.53. The summed E-state index contributed by atoms with van der Waals surface area (Å²) in [7, 11) is 4.46. The van der Waals surface area contributed by atoms with Crippen molar-refractivity contribution in [2.45, 2.75) is 13.0 Å². The van der Waals surface area contributed by atoms with Crippen molar-refractivity contribution < 1.29 is 23.5 Å². The van der Waals surface area contributed by atoms with Gasteiger partial charge in [-0.25, -0.2) is 0 Å². The van der Waals surface area contributed by atoms with Crippen molar-refractivity contribution in [1.82, 2.24) is 15.5 Å². The van der Waals surface area contributed by atoms with E-state index in [4.69, 9.17) is 30.3 Å². The molecule has 3 rings (SSSR count). The fourth-order valence-electron chi connectivity index (χ4n) is 2.72. The van der Waals surface area contributed by atoms with E-state index in [-0.39, 0.29) is 11.8 Å². The predicted octanol–water partition coefficient (Wildman–Crippen LogP) is 3.91. The lowest BCUT2D eigenvalue weighted by molar-refractivity contribution is 0.0931. The smallest absolute Gasteiger partial charge is 0.252 e. The predicted molar refractivity (Wildman–Crippen MR) is 107 cm³/mol. The number of hydrogen-bond donors (Lipinski definition) is 1. The molecule has 0 aliphatic heterocycles. The Labute approximate surface area is 172 Å². The molecule has 1 aromatic heterocycles. The Kier molecular flexibility index (Phi) is 6.23. The summed E-state index contributed by atoms with van der Waals surface area (Å²) in [6.07, 6.45) is 0. The van der Waals surface area contributed by atoms with Crippen LogP contribution in [0.4, 0.5) is 0 Å². The van der Waals surface area contributed by atoms with Gasteiger partial charge in [0.15, 0.2) is 11.5 Å². The second-order valence-corrected chi connectivity index (χ2v) is 6.45. The van der Waals surface area contributed by atoms with Crippen molar-refractivity contribution in [3.63, 3.8) is 0 Å². The van der Waals surface area contributed by atoms with Crippen LogP contribution in [-0.4, -0.2) is 37.4 Å². The largest absolute Gasteiger partial charge is 0.493 e. The molecule has 0 unspecified atom stereocenters. The van der Waals surface area contributed by atoms with Crippen LogP contribution in [0.1, 0.15) is 29.2 Å². The van der Waals surface area contributed by atoms with Gasteiger partial charge in [0.2, 0.25) is 17.5 Å². The first-order valence-corrected chi connectivity index (χ1v) is 9.05. The Morgan fingerprint density at radius 3 is 2.34 bits per heavy atom. The molecule has 0 saturated carbocycles. The lowest BCUT2D eigenvalue weighted by Crippen LogP contribution is -2.27. The maximum Gasteiger partial charge on any atom is 0.252 e. The summed E-state index contributed by atoms with van der Waals surface area (Å²) in [6.45, 7) is 1.74. The fourth-order valence-corrected chi connectivity index (χ4v) is 2.94. The summed E-state index contributed by atoms with van der Waals surface area (Å²) >= 11 is 6.17. The molecule has 0 aliphatic carbocycles. The number of nitrogens with zero attached hydrogens (tertiary/aromatic N) is 2. The van der Waals surface area contributed by atoms with E-state index in [2.05, 4.69) is 15.5 Å². The van der Waals surface area contributed by atoms with Crippen molar-refractivity contribution in [3.05, 3.63) is 52.9 Å². The molecule has 0 fully saturated rings. The molecule has 1 N–H and O–H groups in total. The third kappa shape index (κ3) is 4.27. The monoisotopic (exact) mass is 417 g/mol. The zero-order valence-electron chi connectivity index (χ0n) is 16.4. The van der Waals surface area contributed by atoms with Crippen LogP contribution < -0.4 is 19.5 Å². The van der Waals surface area contributed by atoms with Crippen LogP contribution in [0.5, 0.6) is 17.2 Å². The van der Waals surface area contributed by atoms with E-state index in [1.165, 1.54) is 21.3 Å². The summed E-state index contributed by atoms with van der Waals surface area (Å²) < 4.78 is 21.1. The SMILES string of the molecule is COc1cc(C(=O)N[C@@H](C)c2nc(-c3ccccc3Cl)no2)cc(OC)c1OC. The first kappa shape index (κ1) is 20.5. The summed E-state index contributed by atoms with van der Waals surface area (Å²) in [4.78, 5) is 17.1. The molecule has 0 spiro atoms. The molecule has 152 valence electrons. The van der Waals surface area contributed by atoms with Crippen molar-refractivity contribution in [2.24, 2.45) is 0 Å². The number of nitrogens with one attached hydrogen (secondary N) is 1. The topological polar surface area (TPSA) is 95.7 Å². The Hall–Kier alpha value is -3.26. The highest BCUT2D eigenvalue weighted by Gasteiger charge is 2.21. The van der Waals surface area contributed by atoms with Crippen molar-refractivity contribution in [1.29, 1.82) is 0 Å². The first-order valence-electron chi connectivity index (χ1n) is 8.67. The van der Waals surface area contributed by atoms with E-state index in [0.717, 1.165) is 0 Å². The molecule has 29 heavy (non-hydrogen) atoms. The van der Waals surface area contributed by atoms with Crippen LogP contribution in [0.3, 0.4) is 0 Å². The molecule has 9 heteroatoms. The Morgan fingerprint density at radius 1 is 1.10 bits per heavy atom. The van der Waals surface area contributed by atoms with Crippen LogP contribution in [0.2, 0.25) is 5.02 Å². The van der Waals surface area contributed by atoms with Gasteiger partial charge >= 0.3 is 0 Å². The molecule has 1 heterocycles. The van der Waals surface area contributed by atoms with Crippen LogP contribution in [-0.2, 0) is 0 Å². The average molecular weight is 418 g/mol. The number of carbonyl (C=O) groups is 1. The highest BCUT2D eigenvalue weighted by atomic mass is 35.5. The van der Waals surface area contributed by atoms with E-state index in [1.54, 1.807) is 31.2 Å². The van der Waals surface area contributed by atoms with Crippen LogP contribution in [0.25, 0.3) is 11.4 Å². The second kappa shape index (κ2) is 8.83. The highest BCUT2D eigenvalue weighted by Crippen LogP contribution is 2.38. The summed E-state index contributed by atoms with van der Waals surface area (Å²) in [6, 6.07) is 9.75. The molecule has 0 aliphatic rings. The summed E-state index contributed by atoms with van der Waals surface area (Å²) in [5, 5.41) is 7.27. The second-order valence-electron chi connectivity index (χ2n) is 6.05. The van der Waals surface area contributed by atoms with E-state index in [0.29, 0.717) is 39.2 Å². The third-order valence-electron chi connectivity index (χ3n) is 4.20. The van der Waals surface area contributed by atoms with Gasteiger partial charge in [-0.2, -0.15) is 4.98 Å². The number of carbonyl (C=O) groups excluding carboxylic acids is 1. The Morgan fingerprint density at radius 2 is 1.76 bits per heavy atom. The molecule has 3 aromatic rings. The van der Waals surface area contributed by atoms with Crippen molar-refractivity contribution in [3.8, 4) is 28.6 Å². The minimum absolute atomic E-state index is 0.251. The summed E-state index contributed by atoms with van der Waals surface area (Å²) in [5.41, 5.74) is 0.976. The lowest BCUT2D eigenvalue weighted by Gasteiger charge is -2.15. The van der Waals surface area contributed by atoms with Gasteiger partial charge < -0.3 is 24.1 Å². The number of methoxy groups -OCH3 is 3. The van der Waals surface area contributed by atoms with Gasteiger partial charge in [-0.15, -0.1) is 0 Å². The number of aromatic nitrogens is 2. The zero-order chi connectivity index (χ0) is 21.0. The van der Waals surface area contributed by atoms with Crippen LogP contribution >= 0.6 is 11.6 Å². The molecule has 0 bridgehead atoms. The highest BCUT2D eigenvalue weighted by molar-refractivity contribution is 6.33. The molecule has 1 atom stereocenters. The number of rotatable bonds is 7. The molecule has 8 nitrogen and oxygen atoms in total.